The molecule has 6 nitrogen and oxygen atoms in total. The molecular weight excluding hydrogens is 326 g/mol. The topological polar surface area (TPSA) is 62.2 Å². The summed E-state index contributed by atoms with van der Waals surface area (Å²) in [4.78, 5) is 14.2. The molecule has 2 amide bonds. The van der Waals surface area contributed by atoms with Gasteiger partial charge in [0.2, 0.25) is 0 Å². The third kappa shape index (κ3) is 5.86. The lowest BCUT2D eigenvalue weighted by atomic mass is 10.1. The molecule has 1 aromatic carbocycles. The number of benzene rings is 1. The summed E-state index contributed by atoms with van der Waals surface area (Å²) in [6.07, 6.45) is 3.75. The number of carbonyl (C=O) groups excluding carboxylic acids is 1. The number of hydrogen-bond donors (Lipinski definition) is 2. The smallest absolute Gasteiger partial charge is 0.315 e. The molecule has 0 spiro atoms. The second-order valence-corrected chi connectivity index (χ2v) is 6.48. The van der Waals surface area contributed by atoms with Crippen LogP contribution in [0.2, 0.25) is 5.02 Å². The third-order valence-corrected chi connectivity index (χ3v) is 3.77. The number of urea groups is 1. The maximum atomic E-state index is 12.2. The first-order chi connectivity index (χ1) is 11.4. The molecule has 2 aromatic rings. The molecule has 24 heavy (non-hydrogen) atoms. The average molecular weight is 350 g/mol. The Hall–Kier alpha value is -2.05. The molecule has 0 aliphatic rings. The van der Waals surface area contributed by atoms with Gasteiger partial charge < -0.3 is 15.5 Å². The van der Waals surface area contributed by atoms with Crippen molar-refractivity contribution in [3.63, 3.8) is 0 Å². The predicted octanol–water partition coefficient (Wildman–Crippen LogP) is 2.45. The molecular formula is C17H24ClN5O. The van der Waals surface area contributed by atoms with Gasteiger partial charge >= 0.3 is 6.03 Å². The van der Waals surface area contributed by atoms with E-state index in [0.717, 1.165) is 11.1 Å². The van der Waals surface area contributed by atoms with Crippen LogP contribution in [-0.4, -0.2) is 47.9 Å². The number of aromatic nitrogens is 2. The number of likely N-dealkylation sites (N-methyl/N-ethyl adjacent to an activating group) is 1. The number of amides is 2. The van der Waals surface area contributed by atoms with Crippen molar-refractivity contribution in [3.05, 3.63) is 52.8 Å². The monoisotopic (exact) mass is 349 g/mol. The van der Waals surface area contributed by atoms with E-state index in [0.29, 0.717) is 24.7 Å². The van der Waals surface area contributed by atoms with Crippen molar-refractivity contribution in [1.82, 2.24) is 25.3 Å². The first kappa shape index (κ1) is 18.3. The van der Waals surface area contributed by atoms with Crippen molar-refractivity contribution >= 4 is 17.6 Å². The lowest BCUT2D eigenvalue weighted by molar-refractivity contribution is 0.232. The summed E-state index contributed by atoms with van der Waals surface area (Å²) in [5.74, 6) is 0. The van der Waals surface area contributed by atoms with E-state index < -0.39 is 0 Å². The standard InChI is InChI=1S/C17H24ClN5O/c1-13-10-20-23(11-13)9-8-19-17(24)21-16(12-22(2)3)14-4-6-15(18)7-5-14/h4-7,10-11,16H,8-9,12H2,1-3H3,(H2,19,21,24). The number of carbonyl (C=O) groups is 1. The summed E-state index contributed by atoms with van der Waals surface area (Å²) in [5.41, 5.74) is 2.12. The number of rotatable bonds is 7. The number of nitrogens with one attached hydrogen (secondary N) is 2. The SMILES string of the molecule is Cc1cnn(CCNC(=O)NC(CN(C)C)c2ccc(Cl)cc2)c1. The molecule has 130 valence electrons. The summed E-state index contributed by atoms with van der Waals surface area (Å²) in [5, 5.41) is 10.8. The van der Waals surface area contributed by atoms with Crippen molar-refractivity contribution in [3.8, 4) is 0 Å². The van der Waals surface area contributed by atoms with Gasteiger partial charge in [-0.3, -0.25) is 4.68 Å². The van der Waals surface area contributed by atoms with E-state index in [1.807, 2.05) is 61.1 Å². The Morgan fingerprint density at radius 2 is 2.04 bits per heavy atom. The molecule has 1 heterocycles. The molecule has 1 atom stereocenters. The van der Waals surface area contributed by atoms with Gasteiger partial charge in [-0.05, 0) is 44.3 Å². The van der Waals surface area contributed by atoms with Gasteiger partial charge in [0.15, 0.2) is 0 Å². The van der Waals surface area contributed by atoms with Crippen LogP contribution < -0.4 is 10.6 Å². The number of hydrogen-bond acceptors (Lipinski definition) is 3. The Morgan fingerprint density at radius 1 is 1.33 bits per heavy atom. The fourth-order valence-corrected chi connectivity index (χ4v) is 2.50. The molecule has 1 aromatic heterocycles. The zero-order chi connectivity index (χ0) is 17.5. The fourth-order valence-electron chi connectivity index (χ4n) is 2.38. The predicted molar refractivity (Wildman–Crippen MR) is 96.2 cm³/mol. The second kappa shape index (κ2) is 8.70. The van der Waals surface area contributed by atoms with Gasteiger partial charge in [0, 0.05) is 24.3 Å². The van der Waals surface area contributed by atoms with Crippen molar-refractivity contribution in [2.24, 2.45) is 0 Å². The van der Waals surface area contributed by atoms with Crippen LogP contribution in [0.4, 0.5) is 4.79 Å². The van der Waals surface area contributed by atoms with Crippen molar-refractivity contribution < 1.29 is 4.79 Å². The minimum atomic E-state index is -0.194. The van der Waals surface area contributed by atoms with E-state index >= 15 is 0 Å². The number of nitrogens with zero attached hydrogens (tertiary/aromatic N) is 3. The van der Waals surface area contributed by atoms with E-state index in [1.165, 1.54) is 0 Å². The van der Waals surface area contributed by atoms with Crippen LogP contribution in [0.25, 0.3) is 0 Å². The Balaban J connectivity index is 1.88. The van der Waals surface area contributed by atoms with Gasteiger partial charge in [-0.15, -0.1) is 0 Å². The summed E-state index contributed by atoms with van der Waals surface area (Å²) in [6, 6.07) is 7.23. The van der Waals surface area contributed by atoms with E-state index in [2.05, 4.69) is 15.7 Å². The molecule has 7 heteroatoms. The van der Waals surface area contributed by atoms with Gasteiger partial charge in [-0.2, -0.15) is 5.10 Å². The van der Waals surface area contributed by atoms with Crippen molar-refractivity contribution in [2.75, 3.05) is 27.2 Å². The second-order valence-electron chi connectivity index (χ2n) is 6.05. The molecule has 0 bridgehead atoms. The minimum absolute atomic E-state index is 0.107. The largest absolute Gasteiger partial charge is 0.336 e. The quantitative estimate of drug-likeness (QED) is 0.807. The van der Waals surface area contributed by atoms with Crippen molar-refractivity contribution in [1.29, 1.82) is 0 Å². The summed E-state index contributed by atoms with van der Waals surface area (Å²) in [6.45, 7) is 3.85. The molecule has 0 aliphatic carbocycles. The normalized spacial score (nSPS) is 12.2. The Bertz CT molecular complexity index is 653. The molecule has 0 radical (unpaired) electrons. The highest BCUT2D eigenvalue weighted by Gasteiger charge is 2.15. The maximum absolute atomic E-state index is 12.2. The summed E-state index contributed by atoms with van der Waals surface area (Å²) < 4.78 is 1.81. The van der Waals surface area contributed by atoms with Gasteiger partial charge in [-0.1, -0.05) is 23.7 Å². The Kier molecular flexibility index (Phi) is 6.63. The maximum Gasteiger partial charge on any atom is 0.315 e. The lowest BCUT2D eigenvalue weighted by Crippen LogP contribution is -2.42. The fraction of sp³-hybridized carbons (Fsp3) is 0.412. The van der Waals surface area contributed by atoms with Gasteiger partial charge in [0.25, 0.3) is 0 Å². The highest BCUT2D eigenvalue weighted by Crippen LogP contribution is 2.17. The van der Waals surface area contributed by atoms with Crippen LogP contribution in [-0.2, 0) is 6.54 Å². The molecule has 0 saturated carbocycles. The van der Waals surface area contributed by atoms with Crippen LogP contribution in [0.5, 0.6) is 0 Å². The first-order valence-electron chi connectivity index (χ1n) is 7.87. The Morgan fingerprint density at radius 3 is 2.62 bits per heavy atom. The zero-order valence-corrected chi connectivity index (χ0v) is 15.0. The molecule has 0 aliphatic heterocycles. The van der Waals surface area contributed by atoms with E-state index in [1.54, 1.807) is 6.20 Å². The minimum Gasteiger partial charge on any atom is -0.336 e. The average Bonchev–Trinajstić information content (AvgIpc) is 2.92. The number of halogens is 1. The molecule has 2 N–H and O–H groups in total. The van der Waals surface area contributed by atoms with Crippen LogP contribution in [0, 0.1) is 6.92 Å². The van der Waals surface area contributed by atoms with Crippen LogP contribution >= 0.6 is 11.6 Å². The number of aryl methyl sites for hydroxylation is 1. The molecule has 0 saturated heterocycles. The molecule has 2 rings (SSSR count). The molecule has 0 fully saturated rings. The van der Waals surface area contributed by atoms with Gasteiger partial charge in [0.1, 0.15) is 0 Å². The highest BCUT2D eigenvalue weighted by atomic mass is 35.5. The summed E-state index contributed by atoms with van der Waals surface area (Å²) >= 11 is 5.94. The van der Waals surface area contributed by atoms with E-state index in [4.69, 9.17) is 11.6 Å². The van der Waals surface area contributed by atoms with Gasteiger partial charge in [0.05, 0.1) is 18.8 Å². The third-order valence-electron chi connectivity index (χ3n) is 3.51. The highest BCUT2D eigenvalue weighted by molar-refractivity contribution is 6.30. The lowest BCUT2D eigenvalue weighted by Gasteiger charge is -2.23. The van der Waals surface area contributed by atoms with Crippen LogP contribution in [0.1, 0.15) is 17.2 Å². The van der Waals surface area contributed by atoms with E-state index in [-0.39, 0.29) is 12.1 Å². The Labute approximate surface area is 147 Å². The first-order valence-corrected chi connectivity index (χ1v) is 8.25. The van der Waals surface area contributed by atoms with Crippen LogP contribution in [0.3, 0.4) is 0 Å². The molecule has 1 unspecified atom stereocenters. The van der Waals surface area contributed by atoms with Gasteiger partial charge in [-0.25, -0.2) is 4.79 Å². The van der Waals surface area contributed by atoms with Crippen LogP contribution in [0.15, 0.2) is 36.7 Å². The zero-order valence-electron chi connectivity index (χ0n) is 14.3. The van der Waals surface area contributed by atoms with E-state index in [9.17, 15) is 4.79 Å². The van der Waals surface area contributed by atoms with Crippen molar-refractivity contribution in [2.45, 2.75) is 19.5 Å². The summed E-state index contributed by atoms with van der Waals surface area (Å²) in [7, 11) is 3.95.